The summed E-state index contributed by atoms with van der Waals surface area (Å²) in [5.41, 5.74) is 0.689. The molecule has 1 N–H and O–H groups in total. The van der Waals surface area contributed by atoms with Crippen molar-refractivity contribution in [3.63, 3.8) is 0 Å². The molecule has 598 valence electrons. The van der Waals surface area contributed by atoms with Crippen LogP contribution in [0.15, 0.2) is 24.3 Å². The molecular formula is C75H130N6O21S2. The van der Waals surface area contributed by atoms with E-state index in [1.54, 1.807) is 57.6 Å². The first-order valence-electron chi connectivity index (χ1n) is 37.5. The van der Waals surface area contributed by atoms with E-state index in [4.69, 9.17) is 56.8 Å². The topological polar surface area (TPSA) is 293 Å². The summed E-state index contributed by atoms with van der Waals surface area (Å²) >= 11 is 2.96. The second-order valence-electron chi connectivity index (χ2n) is 25.4. The Kier molecular flexibility index (Phi) is 55.9. The lowest BCUT2D eigenvalue weighted by Gasteiger charge is -2.25. The average molecular weight is 1520 g/mol. The van der Waals surface area contributed by atoms with Gasteiger partial charge in [0.2, 0.25) is 29.5 Å². The summed E-state index contributed by atoms with van der Waals surface area (Å²) in [6.07, 6.45) is 9.09. The number of hydrogen-bond donors (Lipinski definition) is 1. The molecule has 5 unspecified atom stereocenters. The van der Waals surface area contributed by atoms with Crippen molar-refractivity contribution in [1.29, 1.82) is 0 Å². The number of unbranched alkanes of at least 4 members (excludes halogenated alkanes) is 8. The molecule has 2 aliphatic rings. The summed E-state index contributed by atoms with van der Waals surface area (Å²) in [4.78, 5) is 126. The van der Waals surface area contributed by atoms with Crippen LogP contribution >= 0.6 is 23.5 Å². The summed E-state index contributed by atoms with van der Waals surface area (Å²) < 4.78 is 66.2. The molecule has 29 heteroatoms. The van der Waals surface area contributed by atoms with Gasteiger partial charge in [-0.25, -0.2) is 9.59 Å². The van der Waals surface area contributed by atoms with Crippen LogP contribution in [0.5, 0.6) is 5.75 Å². The van der Waals surface area contributed by atoms with Gasteiger partial charge in [0, 0.05) is 139 Å². The Balaban J connectivity index is 0.0000367. The highest BCUT2D eigenvalue weighted by atomic mass is 32.2. The smallest absolute Gasteiger partial charge is 0.415 e. The van der Waals surface area contributed by atoms with E-state index in [2.05, 4.69) is 24.1 Å². The molecule has 0 spiro atoms. The number of alkyl carbamates (subject to hydrolysis) is 1. The van der Waals surface area contributed by atoms with Gasteiger partial charge in [0.1, 0.15) is 35.6 Å². The first-order valence-corrected chi connectivity index (χ1v) is 39.6. The third-order valence-corrected chi connectivity index (χ3v) is 20.2. The first kappa shape index (κ1) is 95.2. The number of rotatable bonds is 67. The molecule has 1 aromatic rings. The van der Waals surface area contributed by atoms with Crippen molar-refractivity contribution >= 4 is 76.8 Å². The number of ketones is 2. The molecule has 0 radical (unpaired) electrons. The lowest BCUT2D eigenvalue weighted by molar-refractivity contribution is -0.140. The highest BCUT2D eigenvalue weighted by Crippen LogP contribution is 2.30. The van der Waals surface area contributed by atoms with Gasteiger partial charge in [-0.3, -0.25) is 43.4 Å². The third-order valence-electron chi connectivity index (χ3n) is 17.6. The lowest BCUT2D eigenvalue weighted by atomic mass is 10.0. The van der Waals surface area contributed by atoms with Crippen LogP contribution < -0.4 is 10.1 Å². The van der Waals surface area contributed by atoms with Crippen molar-refractivity contribution in [1.82, 2.24) is 29.8 Å². The third kappa shape index (κ3) is 42.0. The van der Waals surface area contributed by atoms with Gasteiger partial charge in [-0.1, -0.05) is 59.1 Å². The van der Waals surface area contributed by atoms with Gasteiger partial charge in [0.15, 0.2) is 0 Å². The number of carbonyl (C=O) groups is 9. The molecule has 2 heterocycles. The number of imide groups is 2. The van der Waals surface area contributed by atoms with Gasteiger partial charge in [-0.15, -0.1) is 23.5 Å². The Morgan fingerprint density at radius 1 is 0.500 bits per heavy atom. The molecule has 104 heavy (non-hydrogen) atoms. The minimum absolute atomic E-state index is 0. The van der Waals surface area contributed by atoms with Gasteiger partial charge in [0.05, 0.1) is 89.8 Å². The van der Waals surface area contributed by atoms with Crippen molar-refractivity contribution in [2.75, 3.05) is 198 Å². The Labute approximate surface area is 629 Å². The lowest BCUT2D eigenvalue weighted by Crippen LogP contribution is -2.40. The largest absolute Gasteiger partial charge is 0.441 e. The van der Waals surface area contributed by atoms with Gasteiger partial charge in [-0.2, -0.15) is 0 Å². The maximum Gasteiger partial charge on any atom is 0.415 e. The minimum atomic E-state index is -0.676. The number of amides is 7. The number of hydrogen-bond acceptors (Lipinski definition) is 24. The second kappa shape index (κ2) is 61.0. The molecule has 5 atom stereocenters. The highest BCUT2D eigenvalue weighted by molar-refractivity contribution is 8.00. The van der Waals surface area contributed by atoms with Crippen molar-refractivity contribution in [3.05, 3.63) is 29.8 Å². The van der Waals surface area contributed by atoms with Crippen LogP contribution in [0.1, 0.15) is 175 Å². The van der Waals surface area contributed by atoms with Crippen LogP contribution in [0, 0.1) is 0 Å². The molecule has 2 saturated heterocycles. The normalized spacial score (nSPS) is 15.4. The fourth-order valence-electron chi connectivity index (χ4n) is 11.3. The van der Waals surface area contributed by atoms with Crippen LogP contribution in [0.4, 0.5) is 9.59 Å². The number of ether oxygens (including phenoxy) is 12. The molecule has 0 aromatic heterocycles. The summed E-state index contributed by atoms with van der Waals surface area (Å²) in [5.74, 6) is 0.716. The summed E-state index contributed by atoms with van der Waals surface area (Å²) in [6.45, 7) is 16.8. The number of benzene rings is 1. The Morgan fingerprint density at radius 2 is 0.952 bits per heavy atom. The van der Waals surface area contributed by atoms with Crippen molar-refractivity contribution in [2.24, 2.45) is 0 Å². The zero-order valence-electron chi connectivity index (χ0n) is 63.3. The summed E-state index contributed by atoms with van der Waals surface area (Å²) in [7, 11) is 7.92. The van der Waals surface area contributed by atoms with E-state index >= 15 is 0 Å². The van der Waals surface area contributed by atoms with Crippen LogP contribution in [-0.2, 0) is 85.7 Å². The second-order valence-corrected chi connectivity index (χ2v) is 28.1. The molecule has 27 nitrogen and oxygen atoms in total. The number of likely N-dealkylation sites (N-methyl/N-ethyl adjacent to an activating group) is 2. The predicted molar refractivity (Wildman–Crippen MR) is 402 cm³/mol. The molecule has 0 saturated carbocycles. The molecule has 0 aliphatic carbocycles. The number of nitrogens with one attached hydrogen (secondary N) is 1. The van der Waals surface area contributed by atoms with E-state index in [0.717, 1.165) is 71.0 Å². The standard InChI is InChI=1S/C74H126N6O21S2.CH4/c1-9-76(10-2)39-40-77(11-3)74(89)100-62-31-29-59(30-32-62)65(101-73(88)75-4)27-24-28-68(83)78(35-18-12-14-22-51-102-66-53-69(84)79(71(66)86)37-33-60(81)25-16-20-41-94-55-63(98-49-45-92-7)57-96-47-43-90-5)36-19-13-15-23-52-103-67-54-70(85)80(72(67)87)38-34-61(82)26-17-21-42-95-56-64(99-50-46-93-8)58-97-48-44-91-6;/h29-32,63-67H,9-28,33-58H2,1-8H3,(H,75,88);1H4. The van der Waals surface area contributed by atoms with E-state index in [9.17, 15) is 43.2 Å². The SMILES string of the molecule is C.CCN(CC)CCN(CC)C(=O)Oc1ccc(C(CCCC(=O)N(CCCCCCSC2CC(=O)N(CCC(=O)CCCCOCC(COCCOC)OCCOC)C2=O)CCCCCCSC2CC(=O)N(CCC(=O)CCCCOCC(COCCOC)OCCOC)C2=O)OC(=O)NC)cc1. The van der Waals surface area contributed by atoms with Crippen LogP contribution in [0.2, 0.25) is 0 Å². The number of Topliss-reactive ketones (excluding diaryl/α,β-unsaturated/α-hetero) is 2. The molecule has 2 fully saturated rings. The minimum Gasteiger partial charge on any atom is -0.441 e. The quantitative estimate of drug-likeness (QED) is 0.0469. The molecule has 7 amide bonds. The Morgan fingerprint density at radius 3 is 1.39 bits per heavy atom. The maximum atomic E-state index is 14.1. The zero-order valence-corrected chi connectivity index (χ0v) is 65.0. The maximum absolute atomic E-state index is 14.1. The van der Waals surface area contributed by atoms with Gasteiger partial charge < -0.3 is 76.9 Å². The van der Waals surface area contributed by atoms with Crippen LogP contribution in [-0.4, -0.2) is 299 Å². The van der Waals surface area contributed by atoms with Gasteiger partial charge in [-0.05, 0) is 113 Å². The fourth-order valence-corrected chi connectivity index (χ4v) is 13.7. The van der Waals surface area contributed by atoms with Gasteiger partial charge in [0.25, 0.3) is 0 Å². The van der Waals surface area contributed by atoms with E-state index in [1.165, 1.54) is 40.4 Å². The molecule has 3 rings (SSSR count). The summed E-state index contributed by atoms with van der Waals surface area (Å²) in [6, 6.07) is 6.88. The monoisotopic (exact) mass is 1510 g/mol. The Hall–Kier alpha value is -4.89. The first-order chi connectivity index (χ1) is 50.0. The van der Waals surface area contributed by atoms with Crippen molar-refractivity contribution in [2.45, 2.75) is 192 Å². The van der Waals surface area contributed by atoms with Gasteiger partial charge >= 0.3 is 12.2 Å². The van der Waals surface area contributed by atoms with Crippen LogP contribution in [0.3, 0.4) is 0 Å². The number of thioether (sulfide) groups is 2. The van der Waals surface area contributed by atoms with E-state index in [0.29, 0.717) is 193 Å². The van der Waals surface area contributed by atoms with Crippen molar-refractivity contribution < 1.29 is 100.0 Å². The fraction of sp³-hybridized carbons (Fsp3) is 0.800. The zero-order chi connectivity index (χ0) is 75.1. The summed E-state index contributed by atoms with van der Waals surface area (Å²) in [5, 5.41) is 1.57. The van der Waals surface area contributed by atoms with Crippen LogP contribution in [0.25, 0.3) is 0 Å². The highest BCUT2D eigenvalue weighted by Gasteiger charge is 2.40. The number of likely N-dealkylation sites (tertiary alicyclic amines) is 2. The van der Waals surface area contributed by atoms with Crippen molar-refractivity contribution in [3.8, 4) is 5.75 Å². The average Bonchev–Trinajstić information content (AvgIpc) is 1.70. The Bertz CT molecular complexity index is 2400. The molecule has 0 bridgehead atoms. The molecular weight excluding hydrogens is 1380 g/mol. The molecule has 2 aliphatic heterocycles. The molecule has 1 aromatic carbocycles. The van der Waals surface area contributed by atoms with E-state index < -0.39 is 28.8 Å². The van der Waals surface area contributed by atoms with E-state index in [-0.39, 0.29) is 106 Å². The van der Waals surface area contributed by atoms with E-state index in [1.807, 2.05) is 11.8 Å². The number of methoxy groups -OCH3 is 4. The predicted octanol–water partition coefficient (Wildman–Crippen LogP) is 9.40. The number of carbonyl (C=O) groups excluding carboxylic acids is 9. The number of nitrogens with zero attached hydrogens (tertiary/aromatic N) is 5.